The molecule has 0 spiro atoms. The largest absolute Gasteiger partial charge is 0.487 e. The van der Waals surface area contributed by atoms with Crippen LogP contribution in [0, 0.1) is 0 Å². The van der Waals surface area contributed by atoms with E-state index in [1.54, 1.807) is 36.4 Å². The summed E-state index contributed by atoms with van der Waals surface area (Å²) in [4.78, 5) is 22.2. The Bertz CT molecular complexity index is 857. The van der Waals surface area contributed by atoms with Gasteiger partial charge in [0.05, 0.1) is 52.9 Å². The molecular weight excluding hydrogens is 472 g/mol. The molecule has 196 valence electrons. The predicted octanol–water partition coefficient (Wildman–Crippen LogP) is 2.61. The van der Waals surface area contributed by atoms with E-state index in [1.165, 1.54) is 0 Å². The molecule has 1 aliphatic rings. The first-order chi connectivity index (χ1) is 17.8. The number of benzene rings is 2. The molecule has 0 bridgehead atoms. The normalized spacial score (nSPS) is 17.3. The van der Waals surface area contributed by atoms with Crippen molar-refractivity contribution >= 4 is 12.6 Å². The fourth-order valence-corrected chi connectivity index (χ4v) is 3.15. The van der Waals surface area contributed by atoms with Crippen LogP contribution in [0.4, 0.5) is 0 Å². The van der Waals surface area contributed by atoms with Crippen molar-refractivity contribution < 1.29 is 47.5 Å². The number of hydrogen-bond acceptors (Lipinski definition) is 10. The third kappa shape index (κ3) is 9.82. The first kappa shape index (κ1) is 27.4. The fraction of sp³-hybridized carbons (Fsp3) is 0.462. The molecule has 0 N–H and O–H groups in total. The molecule has 1 heterocycles. The molecule has 10 nitrogen and oxygen atoms in total. The predicted molar refractivity (Wildman–Crippen MR) is 129 cm³/mol. The van der Waals surface area contributed by atoms with Crippen molar-refractivity contribution in [1.29, 1.82) is 0 Å². The van der Waals surface area contributed by atoms with Crippen LogP contribution < -0.4 is 18.9 Å². The van der Waals surface area contributed by atoms with Crippen LogP contribution in [0.3, 0.4) is 0 Å². The molecule has 0 amide bonds. The summed E-state index contributed by atoms with van der Waals surface area (Å²) >= 11 is 0. The van der Waals surface area contributed by atoms with Crippen molar-refractivity contribution in [1.82, 2.24) is 0 Å². The second kappa shape index (κ2) is 16.5. The monoisotopic (exact) mass is 504 g/mol. The van der Waals surface area contributed by atoms with E-state index in [1.807, 2.05) is 0 Å². The van der Waals surface area contributed by atoms with Gasteiger partial charge in [0, 0.05) is 11.1 Å². The van der Waals surface area contributed by atoms with Gasteiger partial charge in [-0.2, -0.15) is 0 Å². The maximum atomic E-state index is 11.1. The molecule has 0 atom stereocenters. The Hall–Kier alpha value is -3.18. The van der Waals surface area contributed by atoms with Gasteiger partial charge in [0.15, 0.2) is 23.0 Å². The molecule has 0 saturated heterocycles. The lowest BCUT2D eigenvalue weighted by atomic mass is 10.2. The maximum Gasteiger partial charge on any atom is 0.162 e. The smallest absolute Gasteiger partial charge is 0.162 e. The van der Waals surface area contributed by atoms with Gasteiger partial charge in [-0.1, -0.05) is 0 Å². The molecule has 0 unspecified atom stereocenters. The average molecular weight is 505 g/mol. The van der Waals surface area contributed by atoms with Crippen molar-refractivity contribution in [2.45, 2.75) is 0 Å². The zero-order chi connectivity index (χ0) is 25.3. The van der Waals surface area contributed by atoms with Gasteiger partial charge in [-0.05, 0) is 36.4 Å². The highest BCUT2D eigenvalue weighted by Crippen LogP contribution is 2.29. The first-order valence-electron chi connectivity index (χ1n) is 11.8. The van der Waals surface area contributed by atoms with Gasteiger partial charge in [0.25, 0.3) is 0 Å². The molecule has 0 fully saturated rings. The summed E-state index contributed by atoms with van der Waals surface area (Å²) < 4.78 is 45.2. The Labute approximate surface area is 210 Å². The van der Waals surface area contributed by atoms with Crippen LogP contribution in [0.5, 0.6) is 23.0 Å². The second-order valence-corrected chi connectivity index (χ2v) is 7.49. The number of carbonyl (C=O) groups is 2. The van der Waals surface area contributed by atoms with Crippen LogP contribution >= 0.6 is 0 Å². The van der Waals surface area contributed by atoms with Crippen LogP contribution in [0.25, 0.3) is 0 Å². The van der Waals surface area contributed by atoms with Crippen molar-refractivity contribution in [3.8, 4) is 23.0 Å². The Morgan fingerprint density at radius 2 is 0.722 bits per heavy atom. The lowest BCUT2D eigenvalue weighted by molar-refractivity contribution is 0.0223. The number of ether oxygens (including phenoxy) is 8. The molecule has 0 aliphatic carbocycles. The van der Waals surface area contributed by atoms with Crippen molar-refractivity contribution in [2.75, 3.05) is 79.3 Å². The van der Waals surface area contributed by atoms with Gasteiger partial charge < -0.3 is 37.9 Å². The van der Waals surface area contributed by atoms with E-state index in [9.17, 15) is 9.59 Å². The van der Waals surface area contributed by atoms with Gasteiger partial charge in [0.2, 0.25) is 0 Å². The minimum atomic E-state index is 0.287. The van der Waals surface area contributed by atoms with Gasteiger partial charge in [-0.25, -0.2) is 0 Å². The number of aldehydes is 2. The van der Waals surface area contributed by atoms with Crippen molar-refractivity contribution in [2.24, 2.45) is 0 Å². The number of rotatable bonds is 2. The highest BCUT2D eigenvalue weighted by atomic mass is 16.6. The Morgan fingerprint density at radius 1 is 0.417 bits per heavy atom. The van der Waals surface area contributed by atoms with Gasteiger partial charge in [-0.15, -0.1) is 0 Å². The Balaban J connectivity index is 1.51. The molecule has 0 saturated carbocycles. The molecule has 2 aromatic rings. The average Bonchev–Trinajstić information content (AvgIpc) is 2.91. The highest BCUT2D eigenvalue weighted by molar-refractivity contribution is 5.77. The lowest BCUT2D eigenvalue weighted by Crippen LogP contribution is -2.15. The minimum absolute atomic E-state index is 0.287. The fourth-order valence-electron chi connectivity index (χ4n) is 3.15. The van der Waals surface area contributed by atoms with Gasteiger partial charge in [0.1, 0.15) is 39.0 Å². The number of hydrogen-bond donors (Lipinski definition) is 0. The molecule has 2 aromatic carbocycles. The summed E-state index contributed by atoms with van der Waals surface area (Å²) in [6.45, 7) is 4.16. The third-order valence-electron chi connectivity index (χ3n) is 4.89. The number of fused-ring (bicyclic) bond motifs is 2. The van der Waals surface area contributed by atoms with E-state index in [-0.39, 0.29) is 13.2 Å². The zero-order valence-electron chi connectivity index (χ0n) is 20.2. The molecule has 1 aliphatic heterocycles. The zero-order valence-corrected chi connectivity index (χ0v) is 20.2. The van der Waals surface area contributed by atoms with Gasteiger partial charge in [-0.3, -0.25) is 9.59 Å². The molecule has 0 radical (unpaired) electrons. The molecule has 0 aromatic heterocycles. The Kier molecular flexibility index (Phi) is 12.6. The van der Waals surface area contributed by atoms with Crippen LogP contribution in [0.1, 0.15) is 20.7 Å². The summed E-state index contributed by atoms with van der Waals surface area (Å²) in [5.74, 6) is 1.98. The van der Waals surface area contributed by atoms with Crippen LogP contribution in [-0.2, 0) is 18.9 Å². The summed E-state index contributed by atoms with van der Waals surface area (Å²) in [7, 11) is 0. The van der Waals surface area contributed by atoms with Gasteiger partial charge >= 0.3 is 0 Å². The van der Waals surface area contributed by atoms with Crippen LogP contribution in [0.15, 0.2) is 36.4 Å². The van der Waals surface area contributed by atoms with E-state index < -0.39 is 0 Å². The quantitative estimate of drug-likeness (QED) is 0.567. The number of carbonyl (C=O) groups excluding carboxylic acids is 2. The topological polar surface area (TPSA) is 108 Å². The Morgan fingerprint density at radius 3 is 1.06 bits per heavy atom. The molecule has 3 rings (SSSR count). The molecule has 36 heavy (non-hydrogen) atoms. The minimum Gasteiger partial charge on any atom is -0.487 e. The lowest BCUT2D eigenvalue weighted by Gasteiger charge is -2.15. The third-order valence-corrected chi connectivity index (χ3v) is 4.89. The maximum absolute atomic E-state index is 11.1. The summed E-state index contributed by atoms with van der Waals surface area (Å²) in [5, 5.41) is 0. The molecular formula is C26H32O10. The second-order valence-electron chi connectivity index (χ2n) is 7.49. The van der Waals surface area contributed by atoms with Crippen LogP contribution in [-0.4, -0.2) is 91.9 Å². The SMILES string of the molecule is O=Cc1ccc2c(c1)OCCOCCOCCOc1ccc(C=O)cc1OCCOCCOCCO2. The first-order valence-corrected chi connectivity index (χ1v) is 11.8. The van der Waals surface area contributed by atoms with Crippen molar-refractivity contribution in [3.05, 3.63) is 47.5 Å². The summed E-state index contributed by atoms with van der Waals surface area (Å²) in [6, 6.07) is 9.97. The van der Waals surface area contributed by atoms with Crippen molar-refractivity contribution in [3.63, 3.8) is 0 Å². The van der Waals surface area contributed by atoms with E-state index in [4.69, 9.17) is 37.9 Å². The standard InChI is InChI=1S/C26H32O10/c27-19-21-1-3-23-25(17-21)35-15-11-31-8-6-30-10-14-34-24-4-2-22(20-28)18-26(24)36-16-12-32-7-5-29-9-13-33-23/h1-4,17-20H,5-16H2. The van der Waals surface area contributed by atoms with E-state index >= 15 is 0 Å². The highest BCUT2D eigenvalue weighted by Gasteiger charge is 2.09. The molecule has 10 heteroatoms. The van der Waals surface area contributed by atoms with E-state index in [0.29, 0.717) is 100 Å². The van der Waals surface area contributed by atoms with E-state index in [2.05, 4.69) is 0 Å². The summed E-state index contributed by atoms with van der Waals surface area (Å²) in [5.41, 5.74) is 0.984. The summed E-state index contributed by atoms with van der Waals surface area (Å²) in [6.07, 6.45) is 1.50. The van der Waals surface area contributed by atoms with E-state index in [0.717, 1.165) is 12.6 Å². The van der Waals surface area contributed by atoms with Crippen LogP contribution in [0.2, 0.25) is 0 Å².